The molecule has 0 aromatic heterocycles. The zero-order chi connectivity index (χ0) is 14.5. The molecule has 0 aliphatic rings. The van der Waals surface area contributed by atoms with E-state index >= 15 is 0 Å². The summed E-state index contributed by atoms with van der Waals surface area (Å²) < 4.78 is 14.1. The van der Waals surface area contributed by atoms with Crippen molar-refractivity contribution in [3.8, 4) is 5.75 Å². The van der Waals surface area contributed by atoms with Gasteiger partial charge in [0.05, 0.1) is 0 Å². The highest BCUT2D eigenvalue weighted by Crippen LogP contribution is 2.21. The van der Waals surface area contributed by atoms with Gasteiger partial charge in [-0.05, 0) is 41.8 Å². The lowest BCUT2D eigenvalue weighted by Crippen LogP contribution is -2.17. The number of phenols is 1. The summed E-state index contributed by atoms with van der Waals surface area (Å²) in [6.07, 6.45) is -0.841. The molecule has 2 N–H and O–H groups in total. The lowest BCUT2D eigenvalue weighted by Gasteiger charge is -2.10. The minimum Gasteiger partial charge on any atom is -0.508 e. The highest BCUT2D eigenvalue weighted by atomic mass is 19.1. The number of halogens is 1. The van der Waals surface area contributed by atoms with Crippen molar-refractivity contribution in [2.45, 2.75) is 19.5 Å². The van der Waals surface area contributed by atoms with Gasteiger partial charge in [0.1, 0.15) is 5.75 Å². The van der Waals surface area contributed by atoms with E-state index in [1.54, 1.807) is 12.1 Å². The second-order valence-electron chi connectivity index (χ2n) is 4.49. The zero-order valence-electron chi connectivity index (χ0n) is 11.1. The van der Waals surface area contributed by atoms with E-state index in [4.69, 9.17) is 5.11 Å². The Kier molecular flexibility index (Phi) is 4.35. The lowest BCUT2D eigenvalue weighted by atomic mass is 10.1. The summed E-state index contributed by atoms with van der Waals surface area (Å²) >= 11 is 0. The summed E-state index contributed by atoms with van der Waals surface area (Å²) in [6, 6.07) is 12.8. The summed E-state index contributed by atoms with van der Waals surface area (Å²) in [5.74, 6) is -0.630. The molecule has 0 aliphatic carbocycles. The van der Waals surface area contributed by atoms with Gasteiger partial charge in [-0.25, -0.2) is 4.39 Å². The van der Waals surface area contributed by atoms with Gasteiger partial charge in [-0.2, -0.15) is 0 Å². The molecule has 0 aliphatic heterocycles. The number of alkyl halides is 1. The van der Waals surface area contributed by atoms with E-state index in [1.165, 1.54) is 24.3 Å². The molecule has 0 fully saturated rings. The van der Waals surface area contributed by atoms with Gasteiger partial charge in [0.15, 0.2) is 0 Å². The fraction of sp³-hybridized carbons (Fsp3) is 0.188. The molecule has 104 valence electrons. The summed E-state index contributed by atoms with van der Waals surface area (Å²) in [4.78, 5) is 11.8. The molecule has 1 unspecified atom stereocenters. The zero-order valence-corrected chi connectivity index (χ0v) is 11.1. The van der Waals surface area contributed by atoms with Crippen LogP contribution in [0.25, 0.3) is 0 Å². The first kappa shape index (κ1) is 14.1. The van der Waals surface area contributed by atoms with Gasteiger partial charge in [-0.1, -0.05) is 31.2 Å². The number of rotatable bonds is 4. The van der Waals surface area contributed by atoms with Crippen LogP contribution in [0.5, 0.6) is 5.75 Å². The first-order valence-electron chi connectivity index (χ1n) is 6.43. The Morgan fingerprint density at radius 3 is 2.30 bits per heavy atom. The summed E-state index contributed by atoms with van der Waals surface area (Å²) in [7, 11) is 0. The normalized spacial score (nSPS) is 11.9. The fourth-order valence-electron chi connectivity index (χ4n) is 1.82. The number of benzene rings is 2. The van der Waals surface area contributed by atoms with Crippen LogP contribution in [0.4, 0.5) is 10.1 Å². The Balaban J connectivity index is 2.05. The van der Waals surface area contributed by atoms with Crippen LogP contribution in [0, 0.1) is 0 Å². The molecule has 3 nitrogen and oxygen atoms in total. The number of aryl methyl sites for hydroxylation is 1. The average molecular weight is 273 g/mol. The van der Waals surface area contributed by atoms with E-state index in [0.717, 1.165) is 12.0 Å². The van der Waals surface area contributed by atoms with Crippen LogP contribution in [0.1, 0.15) is 24.2 Å². The second kappa shape index (κ2) is 6.19. The van der Waals surface area contributed by atoms with Crippen LogP contribution in [0.2, 0.25) is 0 Å². The third-order valence-electron chi connectivity index (χ3n) is 3.05. The quantitative estimate of drug-likeness (QED) is 0.836. The van der Waals surface area contributed by atoms with Crippen LogP contribution in [0.3, 0.4) is 0 Å². The second-order valence-corrected chi connectivity index (χ2v) is 4.49. The summed E-state index contributed by atoms with van der Waals surface area (Å²) in [6.45, 7) is 2.01. The van der Waals surface area contributed by atoms with Crippen molar-refractivity contribution in [1.82, 2.24) is 0 Å². The van der Waals surface area contributed by atoms with Crippen molar-refractivity contribution in [2.75, 3.05) is 5.32 Å². The van der Waals surface area contributed by atoms with Crippen molar-refractivity contribution in [1.29, 1.82) is 0 Å². The number of carbonyl (C=O) groups excluding carboxylic acids is 1. The topological polar surface area (TPSA) is 49.3 Å². The molecule has 0 heterocycles. The molecule has 0 bridgehead atoms. The number of phenolic OH excluding ortho intramolecular Hbond substituents is 1. The maximum Gasteiger partial charge on any atom is 0.263 e. The maximum absolute atomic E-state index is 14.1. The number of hydrogen-bond donors (Lipinski definition) is 2. The number of nitrogens with one attached hydrogen (secondary N) is 1. The molecule has 1 amide bonds. The van der Waals surface area contributed by atoms with Crippen molar-refractivity contribution in [3.05, 3.63) is 59.7 Å². The predicted octanol–water partition coefficient (Wildman–Crippen LogP) is 3.60. The van der Waals surface area contributed by atoms with E-state index in [2.05, 4.69) is 5.32 Å². The summed E-state index contributed by atoms with van der Waals surface area (Å²) in [5, 5.41) is 11.6. The van der Waals surface area contributed by atoms with Crippen LogP contribution in [-0.4, -0.2) is 11.0 Å². The highest BCUT2D eigenvalue weighted by molar-refractivity contribution is 5.94. The van der Waals surface area contributed by atoms with Crippen LogP contribution < -0.4 is 5.32 Å². The summed E-state index contributed by atoms with van der Waals surface area (Å²) in [5.41, 5.74) is 1.87. The highest BCUT2D eigenvalue weighted by Gasteiger charge is 2.19. The van der Waals surface area contributed by atoms with E-state index in [1.807, 2.05) is 19.1 Å². The number of aromatic hydroxyl groups is 1. The third kappa shape index (κ3) is 3.35. The molecular weight excluding hydrogens is 257 g/mol. The Morgan fingerprint density at radius 2 is 1.75 bits per heavy atom. The van der Waals surface area contributed by atoms with Gasteiger partial charge in [-0.15, -0.1) is 0 Å². The van der Waals surface area contributed by atoms with E-state index < -0.39 is 12.1 Å². The first-order valence-corrected chi connectivity index (χ1v) is 6.43. The molecule has 20 heavy (non-hydrogen) atoms. The Bertz CT molecular complexity index is 578. The van der Waals surface area contributed by atoms with Gasteiger partial charge in [0.25, 0.3) is 5.91 Å². The van der Waals surface area contributed by atoms with E-state index in [0.29, 0.717) is 11.3 Å². The number of anilines is 1. The molecule has 1 atom stereocenters. The van der Waals surface area contributed by atoms with Gasteiger partial charge in [0.2, 0.25) is 6.17 Å². The average Bonchev–Trinajstić information content (AvgIpc) is 2.49. The van der Waals surface area contributed by atoms with Gasteiger partial charge in [-0.3, -0.25) is 4.79 Å². The van der Waals surface area contributed by atoms with Crippen LogP contribution in [0.15, 0.2) is 48.5 Å². The molecule has 0 saturated carbocycles. The fourth-order valence-corrected chi connectivity index (χ4v) is 1.82. The van der Waals surface area contributed by atoms with Crippen molar-refractivity contribution in [2.24, 2.45) is 0 Å². The molecular formula is C16H16FNO2. The number of carbonyl (C=O) groups is 1. The molecule has 4 heteroatoms. The van der Waals surface area contributed by atoms with Crippen molar-refractivity contribution < 1.29 is 14.3 Å². The monoisotopic (exact) mass is 273 g/mol. The standard InChI is InChI=1S/C16H16FNO2/c1-2-11-3-5-12(6-4-11)15(17)16(20)18-13-7-9-14(19)10-8-13/h3-10,15,19H,2H2,1H3,(H,18,20). The molecule has 0 saturated heterocycles. The van der Waals surface area contributed by atoms with E-state index in [-0.39, 0.29) is 5.75 Å². The Hall–Kier alpha value is -2.36. The van der Waals surface area contributed by atoms with Gasteiger partial charge >= 0.3 is 0 Å². The predicted molar refractivity (Wildman–Crippen MR) is 76.4 cm³/mol. The smallest absolute Gasteiger partial charge is 0.263 e. The largest absolute Gasteiger partial charge is 0.508 e. The molecule has 0 spiro atoms. The number of amides is 1. The third-order valence-corrected chi connectivity index (χ3v) is 3.05. The van der Waals surface area contributed by atoms with Crippen molar-refractivity contribution >= 4 is 11.6 Å². The van der Waals surface area contributed by atoms with Gasteiger partial charge < -0.3 is 10.4 Å². The minimum atomic E-state index is -1.71. The SMILES string of the molecule is CCc1ccc(C(F)C(=O)Nc2ccc(O)cc2)cc1. The lowest BCUT2D eigenvalue weighted by molar-refractivity contribution is -0.121. The first-order chi connectivity index (χ1) is 9.60. The molecule has 0 radical (unpaired) electrons. The Morgan fingerprint density at radius 1 is 1.15 bits per heavy atom. The Labute approximate surface area is 117 Å². The molecule has 2 rings (SSSR count). The molecule has 2 aromatic rings. The van der Waals surface area contributed by atoms with Crippen LogP contribution >= 0.6 is 0 Å². The van der Waals surface area contributed by atoms with E-state index in [9.17, 15) is 9.18 Å². The van der Waals surface area contributed by atoms with Crippen LogP contribution in [-0.2, 0) is 11.2 Å². The van der Waals surface area contributed by atoms with Gasteiger partial charge in [0, 0.05) is 5.69 Å². The number of hydrogen-bond acceptors (Lipinski definition) is 2. The van der Waals surface area contributed by atoms with Crippen molar-refractivity contribution in [3.63, 3.8) is 0 Å². The maximum atomic E-state index is 14.1. The molecule has 2 aromatic carbocycles. The minimum absolute atomic E-state index is 0.0925.